The minimum absolute atomic E-state index is 0.127. The van der Waals surface area contributed by atoms with Gasteiger partial charge in [0, 0.05) is 31.7 Å². The SMILES string of the molecule is CCCCCOc1ccc(N(C)c2nc(C3=CC=CN(C)C3)cs2)cc1C(F)(F)F. The number of ether oxygens (including phenoxy) is 1. The van der Waals surface area contributed by atoms with Crippen LogP contribution in [0.5, 0.6) is 5.75 Å². The minimum atomic E-state index is -4.49. The zero-order valence-corrected chi connectivity index (χ0v) is 18.2. The number of unbranched alkanes of at least 4 members (excludes halogenated alkanes) is 2. The van der Waals surface area contributed by atoms with E-state index in [1.807, 2.05) is 42.6 Å². The van der Waals surface area contributed by atoms with E-state index in [0.717, 1.165) is 43.1 Å². The summed E-state index contributed by atoms with van der Waals surface area (Å²) < 4.78 is 46.3. The highest BCUT2D eigenvalue weighted by atomic mass is 32.1. The van der Waals surface area contributed by atoms with Crippen molar-refractivity contribution in [1.29, 1.82) is 0 Å². The van der Waals surface area contributed by atoms with E-state index in [9.17, 15) is 13.2 Å². The zero-order valence-electron chi connectivity index (χ0n) is 17.4. The number of aromatic nitrogens is 1. The smallest absolute Gasteiger partial charge is 0.420 e. The van der Waals surface area contributed by atoms with E-state index in [1.165, 1.54) is 17.4 Å². The van der Waals surface area contributed by atoms with Crippen molar-refractivity contribution >= 4 is 27.7 Å². The molecular formula is C22H26F3N3OS. The first-order chi connectivity index (χ1) is 14.3. The van der Waals surface area contributed by atoms with Crippen LogP contribution >= 0.6 is 11.3 Å². The van der Waals surface area contributed by atoms with Crippen LogP contribution in [-0.4, -0.2) is 37.1 Å². The lowest BCUT2D eigenvalue weighted by Gasteiger charge is -2.20. The number of likely N-dealkylation sites (N-methyl/N-ethyl adjacent to an activating group) is 1. The summed E-state index contributed by atoms with van der Waals surface area (Å²) in [5.74, 6) is -0.127. The number of hydrogen-bond acceptors (Lipinski definition) is 5. The molecule has 0 aliphatic carbocycles. The summed E-state index contributed by atoms with van der Waals surface area (Å²) in [6.07, 6.45) is 4.09. The van der Waals surface area contributed by atoms with Crippen molar-refractivity contribution in [3.8, 4) is 5.75 Å². The second-order valence-electron chi connectivity index (χ2n) is 7.26. The molecule has 0 atom stereocenters. The molecule has 0 radical (unpaired) electrons. The minimum Gasteiger partial charge on any atom is -0.493 e. The van der Waals surface area contributed by atoms with Crippen LogP contribution in [0.2, 0.25) is 0 Å². The van der Waals surface area contributed by atoms with Crippen LogP contribution in [0.3, 0.4) is 0 Å². The molecule has 1 aliphatic heterocycles. The molecule has 0 N–H and O–H groups in total. The van der Waals surface area contributed by atoms with Gasteiger partial charge in [-0.05, 0) is 42.5 Å². The standard InChI is InChI=1S/C22H26F3N3OS/c1-4-5-6-12-29-20-10-9-17(13-18(20)22(23,24)25)28(3)21-26-19(15-30-21)16-8-7-11-27(2)14-16/h7-11,13,15H,4-6,12,14H2,1-3H3. The lowest BCUT2D eigenvalue weighted by atomic mass is 10.1. The fourth-order valence-electron chi connectivity index (χ4n) is 3.13. The first kappa shape index (κ1) is 22.2. The highest BCUT2D eigenvalue weighted by Gasteiger charge is 2.35. The molecular weight excluding hydrogens is 411 g/mol. The number of benzene rings is 1. The first-order valence-electron chi connectivity index (χ1n) is 9.91. The summed E-state index contributed by atoms with van der Waals surface area (Å²) in [7, 11) is 3.70. The summed E-state index contributed by atoms with van der Waals surface area (Å²) >= 11 is 1.40. The highest BCUT2D eigenvalue weighted by Crippen LogP contribution is 2.40. The maximum absolute atomic E-state index is 13.6. The number of alkyl halides is 3. The predicted octanol–water partition coefficient (Wildman–Crippen LogP) is 6.34. The fraction of sp³-hybridized carbons (Fsp3) is 0.409. The van der Waals surface area contributed by atoms with Crippen LogP contribution in [0.4, 0.5) is 24.0 Å². The number of rotatable bonds is 8. The third-order valence-corrected chi connectivity index (χ3v) is 5.74. The van der Waals surface area contributed by atoms with Crippen LogP contribution in [0, 0.1) is 0 Å². The number of thiazole rings is 1. The average Bonchev–Trinajstić information content (AvgIpc) is 3.20. The lowest BCUT2D eigenvalue weighted by Crippen LogP contribution is -2.16. The van der Waals surface area contributed by atoms with Crippen LogP contribution in [0.1, 0.15) is 37.4 Å². The van der Waals surface area contributed by atoms with E-state index in [2.05, 4.69) is 4.98 Å². The van der Waals surface area contributed by atoms with E-state index in [1.54, 1.807) is 18.0 Å². The van der Waals surface area contributed by atoms with Crippen LogP contribution in [-0.2, 0) is 6.18 Å². The predicted molar refractivity (Wildman–Crippen MR) is 116 cm³/mol. The molecule has 0 fully saturated rings. The first-order valence-corrected chi connectivity index (χ1v) is 10.8. The van der Waals surface area contributed by atoms with Crippen LogP contribution in [0.25, 0.3) is 5.57 Å². The van der Waals surface area contributed by atoms with Gasteiger partial charge in [-0.1, -0.05) is 25.8 Å². The molecule has 4 nitrogen and oxygen atoms in total. The summed E-state index contributed by atoms with van der Waals surface area (Å²) in [4.78, 5) is 8.35. The molecule has 2 heterocycles. The molecule has 8 heteroatoms. The van der Waals surface area contributed by atoms with Gasteiger partial charge in [0.05, 0.1) is 17.9 Å². The zero-order chi connectivity index (χ0) is 21.7. The van der Waals surface area contributed by atoms with Gasteiger partial charge in [-0.25, -0.2) is 4.98 Å². The molecule has 162 valence electrons. The molecule has 2 aromatic rings. The van der Waals surface area contributed by atoms with E-state index >= 15 is 0 Å². The van der Waals surface area contributed by atoms with Crippen molar-refractivity contribution in [2.24, 2.45) is 0 Å². The Morgan fingerprint density at radius 3 is 2.77 bits per heavy atom. The topological polar surface area (TPSA) is 28.6 Å². The van der Waals surface area contributed by atoms with Crippen molar-refractivity contribution in [3.63, 3.8) is 0 Å². The molecule has 30 heavy (non-hydrogen) atoms. The Kier molecular flexibility index (Phi) is 7.07. The van der Waals surface area contributed by atoms with E-state index in [-0.39, 0.29) is 12.4 Å². The van der Waals surface area contributed by atoms with Gasteiger partial charge in [0.2, 0.25) is 0 Å². The van der Waals surface area contributed by atoms with Crippen LogP contribution < -0.4 is 9.64 Å². The third kappa shape index (κ3) is 5.36. The number of allylic oxidation sites excluding steroid dienone is 2. The van der Waals surface area contributed by atoms with Gasteiger partial charge in [0.25, 0.3) is 0 Å². The van der Waals surface area contributed by atoms with Gasteiger partial charge in [0.1, 0.15) is 5.75 Å². The Morgan fingerprint density at radius 1 is 1.27 bits per heavy atom. The van der Waals surface area contributed by atoms with Gasteiger partial charge in [-0.2, -0.15) is 13.2 Å². The molecule has 0 bridgehead atoms. The van der Waals surface area contributed by atoms with Crippen molar-refractivity contribution < 1.29 is 17.9 Å². The van der Waals surface area contributed by atoms with Crippen molar-refractivity contribution in [3.05, 3.63) is 53.2 Å². The lowest BCUT2D eigenvalue weighted by molar-refractivity contribution is -0.138. The Labute approximate surface area is 179 Å². The fourth-order valence-corrected chi connectivity index (χ4v) is 3.97. The van der Waals surface area contributed by atoms with Gasteiger partial charge in [-0.3, -0.25) is 0 Å². The second-order valence-corrected chi connectivity index (χ2v) is 8.09. The highest BCUT2D eigenvalue weighted by molar-refractivity contribution is 7.13. The number of hydrogen-bond donors (Lipinski definition) is 0. The maximum Gasteiger partial charge on any atom is 0.420 e. The summed E-state index contributed by atoms with van der Waals surface area (Å²) in [5.41, 5.74) is 1.56. The summed E-state index contributed by atoms with van der Waals surface area (Å²) in [5, 5.41) is 2.56. The molecule has 0 saturated carbocycles. The Morgan fingerprint density at radius 2 is 2.07 bits per heavy atom. The van der Waals surface area contributed by atoms with Crippen LogP contribution in [0.15, 0.2) is 41.9 Å². The normalized spacial score (nSPS) is 14.1. The molecule has 0 unspecified atom stereocenters. The van der Waals surface area contributed by atoms with Crippen molar-refractivity contribution in [2.45, 2.75) is 32.4 Å². The summed E-state index contributed by atoms with van der Waals surface area (Å²) in [6, 6.07) is 4.17. The van der Waals surface area contributed by atoms with Gasteiger partial charge in [-0.15, -0.1) is 11.3 Å². The summed E-state index contributed by atoms with van der Waals surface area (Å²) in [6.45, 7) is 3.06. The van der Waals surface area contributed by atoms with Gasteiger partial charge >= 0.3 is 6.18 Å². The molecule has 1 aromatic heterocycles. The molecule has 0 amide bonds. The van der Waals surface area contributed by atoms with Crippen molar-refractivity contribution in [2.75, 3.05) is 32.1 Å². The van der Waals surface area contributed by atoms with Gasteiger partial charge in [0.15, 0.2) is 5.13 Å². The Hall–Kier alpha value is -2.48. The Balaban J connectivity index is 1.81. The molecule has 1 aromatic carbocycles. The third-order valence-electron chi connectivity index (χ3n) is 4.83. The molecule has 0 saturated heterocycles. The van der Waals surface area contributed by atoms with Crippen molar-refractivity contribution in [1.82, 2.24) is 9.88 Å². The largest absolute Gasteiger partial charge is 0.493 e. The van der Waals surface area contributed by atoms with Gasteiger partial charge < -0.3 is 14.5 Å². The number of halogens is 3. The maximum atomic E-state index is 13.6. The number of nitrogens with zero attached hydrogens (tertiary/aromatic N) is 3. The second kappa shape index (κ2) is 9.55. The quantitative estimate of drug-likeness (QED) is 0.451. The Bertz CT molecular complexity index is 921. The van der Waals surface area contributed by atoms with E-state index in [0.29, 0.717) is 10.8 Å². The van der Waals surface area contributed by atoms with E-state index in [4.69, 9.17) is 4.74 Å². The monoisotopic (exact) mass is 437 g/mol. The number of anilines is 2. The molecule has 1 aliphatic rings. The van der Waals surface area contributed by atoms with E-state index < -0.39 is 11.7 Å². The average molecular weight is 438 g/mol. The molecule has 0 spiro atoms. The molecule has 3 rings (SSSR count).